The van der Waals surface area contributed by atoms with E-state index in [1.807, 2.05) is 0 Å². The van der Waals surface area contributed by atoms with Crippen molar-refractivity contribution in [1.29, 1.82) is 0 Å². The molecule has 3 rings (SSSR count). The minimum absolute atomic E-state index is 0.172. The van der Waals surface area contributed by atoms with E-state index in [4.69, 9.17) is 4.74 Å². The Morgan fingerprint density at radius 1 is 1.59 bits per heavy atom. The first-order valence-electron chi connectivity index (χ1n) is 6.86. The monoisotopic (exact) mass is 238 g/mol. The van der Waals surface area contributed by atoms with E-state index in [9.17, 15) is 4.79 Å². The number of hydrogen-bond acceptors (Lipinski definition) is 3. The van der Waals surface area contributed by atoms with Crippen molar-refractivity contribution in [1.82, 2.24) is 10.2 Å². The molecule has 0 bridgehead atoms. The van der Waals surface area contributed by atoms with Gasteiger partial charge in [-0.15, -0.1) is 0 Å². The van der Waals surface area contributed by atoms with Crippen LogP contribution in [0.1, 0.15) is 39.5 Å². The molecule has 0 aromatic heterocycles. The molecule has 3 atom stereocenters. The van der Waals surface area contributed by atoms with Gasteiger partial charge < -0.3 is 9.64 Å². The molecule has 0 aromatic rings. The summed E-state index contributed by atoms with van der Waals surface area (Å²) in [6.45, 7) is 6.00. The van der Waals surface area contributed by atoms with Crippen LogP contribution < -0.4 is 5.32 Å². The predicted octanol–water partition coefficient (Wildman–Crippen LogP) is 1.11. The molecule has 3 fully saturated rings. The molecule has 0 aromatic carbocycles. The van der Waals surface area contributed by atoms with Crippen LogP contribution in [0, 0.1) is 5.92 Å². The van der Waals surface area contributed by atoms with Crippen LogP contribution >= 0.6 is 0 Å². The highest BCUT2D eigenvalue weighted by atomic mass is 16.5. The summed E-state index contributed by atoms with van der Waals surface area (Å²) >= 11 is 0. The Labute approximate surface area is 103 Å². The molecular weight excluding hydrogens is 216 g/mol. The highest BCUT2D eigenvalue weighted by Crippen LogP contribution is 2.44. The first kappa shape index (κ1) is 11.5. The van der Waals surface area contributed by atoms with Gasteiger partial charge in [-0.2, -0.15) is 0 Å². The normalized spacial score (nSPS) is 36.8. The van der Waals surface area contributed by atoms with E-state index in [0.29, 0.717) is 17.9 Å². The molecule has 1 amide bonds. The van der Waals surface area contributed by atoms with Crippen LogP contribution in [0.4, 0.5) is 0 Å². The topological polar surface area (TPSA) is 41.6 Å². The smallest absolute Gasteiger partial charge is 0.244 e. The predicted molar refractivity (Wildman–Crippen MR) is 64.4 cm³/mol. The van der Waals surface area contributed by atoms with Crippen molar-refractivity contribution >= 4 is 5.91 Å². The molecule has 4 nitrogen and oxygen atoms in total. The Balaban J connectivity index is 1.77. The van der Waals surface area contributed by atoms with Gasteiger partial charge in [0.05, 0.1) is 18.3 Å². The number of carbonyl (C=O) groups is 1. The van der Waals surface area contributed by atoms with Crippen molar-refractivity contribution in [3.8, 4) is 0 Å². The summed E-state index contributed by atoms with van der Waals surface area (Å²) in [7, 11) is 0. The number of rotatable bonds is 3. The maximum atomic E-state index is 12.5. The number of ether oxygens (including phenoxy) is 1. The minimum Gasteiger partial charge on any atom is -0.381 e. The largest absolute Gasteiger partial charge is 0.381 e. The second-order valence-electron chi connectivity index (χ2n) is 5.73. The second-order valence-corrected chi connectivity index (χ2v) is 5.73. The van der Waals surface area contributed by atoms with Gasteiger partial charge in [0.2, 0.25) is 5.91 Å². The molecule has 2 saturated heterocycles. The summed E-state index contributed by atoms with van der Waals surface area (Å²) < 4.78 is 5.45. The number of nitrogens with one attached hydrogen (secondary N) is 1. The quantitative estimate of drug-likeness (QED) is 0.801. The van der Waals surface area contributed by atoms with E-state index in [0.717, 1.165) is 38.9 Å². The van der Waals surface area contributed by atoms with Gasteiger partial charge >= 0.3 is 0 Å². The van der Waals surface area contributed by atoms with Crippen molar-refractivity contribution < 1.29 is 9.53 Å². The van der Waals surface area contributed by atoms with Gasteiger partial charge in [0.25, 0.3) is 0 Å². The van der Waals surface area contributed by atoms with E-state index in [1.54, 1.807) is 0 Å². The van der Waals surface area contributed by atoms with Crippen LogP contribution in [0.2, 0.25) is 0 Å². The van der Waals surface area contributed by atoms with Crippen molar-refractivity contribution in [2.75, 3.05) is 13.2 Å². The fourth-order valence-electron chi connectivity index (χ4n) is 3.25. The number of amides is 1. The molecule has 1 saturated carbocycles. The SMILES string of the molecule is CCC1NC2(CC2)C(=O)N1C(C)C1CCOC1. The Morgan fingerprint density at radius 2 is 2.35 bits per heavy atom. The fraction of sp³-hybridized carbons (Fsp3) is 0.923. The molecule has 3 unspecified atom stereocenters. The van der Waals surface area contributed by atoms with Crippen LogP contribution in [0.25, 0.3) is 0 Å². The van der Waals surface area contributed by atoms with E-state index >= 15 is 0 Å². The average Bonchev–Trinajstić information content (AvgIpc) is 2.81. The van der Waals surface area contributed by atoms with Crippen molar-refractivity contribution in [2.24, 2.45) is 5.92 Å². The van der Waals surface area contributed by atoms with Gasteiger partial charge in [-0.1, -0.05) is 6.92 Å². The Kier molecular flexibility index (Phi) is 2.67. The van der Waals surface area contributed by atoms with Gasteiger partial charge in [0.1, 0.15) is 0 Å². The molecule has 3 aliphatic rings. The molecule has 2 aliphatic heterocycles. The first-order chi connectivity index (χ1) is 8.18. The summed E-state index contributed by atoms with van der Waals surface area (Å²) in [5, 5.41) is 3.53. The maximum absolute atomic E-state index is 12.5. The van der Waals surface area contributed by atoms with E-state index in [-0.39, 0.29) is 11.7 Å². The van der Waals surface area contributed by atoms with Gasteiger partial charge in [-0.3, -0.25) is 10.1 Å². The third kappa shape index (κ3) is 1.69. The molecule has 1 N–H and O–H groups in total. The van der Waals surface area contributed by atoms with Crippen molar-refractivity contribution in [3.05, 3.63) is 0 Å². The lowest BCUT2D eigenvalue weighted by Gasteiger charge is -2.33. The summed E-state index contributed by atoms with van der Waals surface area (Å²) in [5.41, 5.74) is -0.172. The van der Waals surface area contributed by atoms with Crippen LogP contribution in [-0.4, -0.2) is 41.8 Å². The van der Waals surface area contributed by atoms with E-state index in [2.05, 4.69) is 24.1 Å². The van der Waals surface area contributed by atoms with Crippen LogP contribution in [-0.2, 0) is 9.53 Å². The lowest BCUT2D eigenvalue weighted by Crippen LogP contribution is -2.46. The standard InChI is InChI=1S/C13H22N2O2/c1-3-11-14-13(5-6-13)12(16)15(11)9(2)10-4-7-17-8-10/h9-11,14H,3-8H2,1-2H3. The zero-order valence-corrected chi connectivity index (χ0v) is 10.7. The van der Waals surface area contributed by atoms with Gasteiger partial charge in [0, 0.05) is 18.6 Å². The van der Waals surface area contributed by atoms with Gasteiger partial charge in [-0.05, 0) is 32.6 Å². The zero-order chi connectivity index (χ0) is 12.0. The third-order valence-electron chi connectivity index (χ3n) is 4.65. The molecule has 1 spiro atoms. The zero-order valence-electron chi connectivity index (χ0n) is 10.7. The average molecular weight is 238 g/mol. The summed E-state index contributed by atoms with van der Waals surface area (Å²) in [6, 6.07) is 0.308. The molecule has 4 heteroatoms. The summed E-state index contributed by atoms with van der Waals surface area (Å²) in [5.74, 6) is 0.854. The molecule has 1 aliphatic carbocycles. The minimum atomic E-state index is -0.172. The molecule has 0 radical (unpaired) electrons. The number of carbonyl (C=O) groups excluding carboxylic acids is 1. The van der Waals surface area contributed by atoms with Gasteiger partial charge in [0.15, 0.2) is 0 Å². The van der Waals surface area contributed by atoms with E-state index in [1.165, 1.54) is 0 Å². The van der Waals surface area contributed by atoms with Crippen LogP contribution in [0.15, 0.2) is 0 Å². The van der Waals surface area contributed by atoms with Gasteiger partial charge in [-0.25, -0.2) is 0 Å². The number of hydrogen-bond donors (Lipinski definition) is 1. The Hall–Kier alpha value is -0.610. The highest BCUT2D eigenvalue weighted by molar-refractivity contribution is 5.92. The summed E-state index contributed by atoms with van der Waals surface area (Å²) in [6.07, 6.45) is 4.36. The van der Waals surface area contributed by atoms with E-state index < -0.39 is 0 Å². The second kappa shape index (κ2) is 3.95. The molecule has 2 heterocycles. The molecule has 17 heavy (non-hydrogen) atoms. The first-order valence-corrected chi connectivity index (χ1v) is 6.86. The lowest BCUT2D eigenvalue weighted by atomic mass is 9.98. The van der Waals surface area contributed by atoms with Crippen molar-refractivity contribution in [2.45, 2.75) is 57.3 Å². The number of nitrogens with zero attached hydrogens (tertiary/aromatic N) is 1. The lowest BCUT2D eigenvalue weighted by molar-refractivity contribution is -0.133. The fourth-order valence-corrected chi connectivity index (χ4v) is 3.25. The third-order valence-corrected chi connectivity index (χ3v) is 4.65. The van der Waals surface area contributed by atoms with Crippen LogP contribution in [0.5, 0.6) is 0 Å². The molecule has 96 valence electrons. The van der Waals surface area contributed by atoms with Crippen LogP contribution in [0.3, 0.4) is 0 Å². The molecular formula is C13H22N2O2. The Morgan fingerprint density at radius 3 is 2.88 bits per heavy atom. The highest BCUT2D eigenvalue weighted by Gasteiger charge is 2.59. The maximum Gasteiger partial charge on any atom is 0.244 e. The summed E-state index contributed by atoms with van der Waals surface area (Å²) in [4.78, 5) is 14.6. The Bertz CT molecular complexity index is 321. The van der Waals surface area contributed by atoms with Crippen molar-refractivity contribution in [3.63, 3.8) is 0 Å².